The Hall–Kier alpha value is -1.40. The van der Waals surface area contributed by atoms with Crippen molar-refractivity contribution in [1.29, 1.82) is 0 Å². The fourth-order valence-electron chi connectivity index (χ4n) is 1.43. The van der Waals surface area contributed by atoms with Crippen molar-refractivity contribution in [2.45, 2.75) is 4.90 Å². The normalized spacial score (nSPS) is 11.4. The van der Waals surface area contributed by atoms with Crippen molar-refractivity contribution >= 4 is 32.2 Å². The van der Waals surface area contributed by atoms with Crippen LogP contribution in [0.2, 0.25) is 0 Å². The van der Waals surface area contributed by atoms with Gasteiger partial charge in [0.15, 0.2) is 6.29 Å². The summed E-state index contributed by atoms with van der Waals surface area (Å²) >= 11 is 3.13. The summed E-state index contributed by atoms with van der Waals surface area (Å²) in [4.78, 5) is 11.0. The topological polar surface area (TPSA) is 56.1 Å². The van der Waals surface area contributed by atoms with Gasteiger partial charge in [-0.2, -0.15) is 0 Å². The predicted molar refractivity (Wildman–Crippen MR) is 66.5 cm³/mol. The highest BCUT2D eigenvalue weighted by molar-refractivity contribution is 9.10. The summed E-state index contributed by atoms with van der Waals surface area (Å²) < 4.78 is 25.8. The van der Waals surface area contributed by atoms with Gasteiger partial charge in [-0.15, -0.1) is 0 Å². The maximum atomic E-state index is 12.2. The minimum atomic E-state index is -3.71. The smallest absolute Gasteiger partial charge is 0.268 e. The summed E-state index contributed by atoms with van der Waals surface area (Å²) in [5.41, 5.74) is 0.0776. The van der Waals surface area contributed by atoms with Gasteiger partial charge in [-0.3, -0.25) is 4.79 Å². The maximum absolute atomic E-state index is 12.2. The van der Waals surface area contributed by atoms with Gasteiger partial charge in [0.2, 0.25) is 0 Å². The van der Waals surface area contributed by atoms with Crippen LogP contribution in [0.1, 0.15) is 10.5 Å². The molecule has 88 valence electrons. The summed E-state index contributed by atoms with van der Waals surface area (Å²) in [6.45, 7) is 0. The number of aromatic nitrogens is 1. The molecule has 0 amide bonds. The Morgan fingerprint density at radius 2 is 1.76 bits per heavy atom. The zero-order valence-corrected chi connectivity index (χ0v) is 11.0. The molecule has 0 aliphatic heterocycles. The van der Waals surface area contributed by atoms with E-state index in [9.17, 15) is 13.2 Å². The molecule has 0 unspecified atom stereocenters. The average Bonchev–Trinajstić information content (AvgIpc) is 2.72. The van der Waals surface area contributed by atoms with Gasteiger partial charge < -0.3 is 0 Å². The number of carbonyl (C=O) groups is 1. The van der Waals surface area contributed by atoms with E-state index < -0.39 is 10.0 Å². The molecule has 6 heteroatoms. The quantitative estimate of drug-likeness (QED) is 0.817. The van der Waals surface area contributed by atoms with E-state index in [4.69, 9.17) is 0 Å². The monoisotopic (exact) mass is 313 g/mol. The molecule has 4 nitrogen and oxygen atoms in total. The lowest BCUT2D eigenvalue weighted by Crippen LogP contribution is -2.14. The Labute approximate surface area is 107 Å². The lowest BCUT2D eigenvalue weighted by molar-refractivity contribution is 0.111. The first-order chi connectivity index (χ1) is 8.07. The molecular formula is C11H8BrNO3S. The third-order valence-electron chi connectivity index (χ3n) is 2.25. The van der Waals surface area contributed by atoms with Gasteiger partial charge in [-0.1, -0.05) is 18.2 Å². The Balaban J connectivity index is 2.64. The summed E-state index contributed by atoms with van der Waals surface area (Å²) in [5, 5.41) is 0. The molecule has 0 spiro atoms. The molecule has 1 heterocycles. The van der Waals surface area contributed by atoms with Gasteiger partial charge in [-0.25, -0.2) is 12.4 Å². The lowest BCUT2D eigenvalue weighted by atomic mass is 10.4. The Bertz CT molecular complexity index is 647. The van der Waals surface area contributed by atoms with Gasteiger partial charge in [-0.05, 0) is 34.1 Å². The Kier molecular flexibility index (Phi) is 3.17. The van der Waals surface area contributed by atoms with Crippen LogP contribution in [0.3, 0.4) is 0 Å². The van der Waals surface area contributed by atoms with E-state index in [1.165, 1.54) is 24.4 Å². The number of benzene rings is 1. The van der Waals surface area contributed by atoms with E-state index in [1.54, 1.807) is 18.2 Å². The van der Waals surface area contributed by atoms with Crippen molar-refractivity contribution in [2.75, 3.05) is 0 Å². The van der Waals surface area contributed by atoms with E-state index in [-0.39, 0.29) is 10.6 Å². The Morgan fingerprint density at radius 1 is 1.12 bits per heavy atom. The molecule has 0 N–H and O–H groups in total. The Morgan fingerprint density at radius 3 is 2.35 bits per heavy atom. The second-order valence-corrected chi connectivity index (χ2v) is 5.95. The van der Waals surface area contributed by atoms with Crippen molar-refractivity contribution in [2.24, 2.45) is 0 Å². The second-order valence-electron chi connectivity index (χ2n) is 3.28. The van der Waals surface area contributed by atoms with Crippen molar-refractivity contribution in [1.82, 2.24) is 3.97 Å². The van der Waals surface area contributed by atoms with E-state index in [2.05, 4.69) is 15.9 Å². The summed E-state index contributed by atoms with van der Waals surface area (Å²) in [7, 11) is -3.71. The average molecular weight is 314 g/mol. The number of halogens is 1. The molecule has 0 saturated carbocycles. The molecule has 0 radical (unpaired) electrons. The number of nitrogens with zero attached hydrogens (tertiary/aromatic N) is 1. The maximum Gasteiger partial charge on any atom is 0.268 e. The van der Waals surface area contributed by atoms with E-state index in [1.807, 2.05) is 0 Å². The van der Waals surface area contributed by atoms with Gasteiger partial charge in [0, 0.05) is 10.7 Å². The van der Waals surface area contributed by atoms with Crippen LogP contribution in [0.25, 0.3) is 0 Å². The molecule has 0 atom stereocenters. The number of carbonyl (C=O) groups excluding carboxylic acids is 1. The molecule has 1 aromatic carbocycles. The molecule has 17 heavy (non-hydrogen) atoms. The first-order valence-corrected chi connectivity index (χ1v) is 6.93. The zero-order valence-electron chi connectivity index (χ0n) is 8.58. The minimum absolute atomic E-state index is 0.0776. The van der Waals surface area contributed by atoms with Gasteiger partial charge in [0.25, 0.3) is 10.0 Å². The van der Waals surface area contributed by atoms with Crippen LogP contribution in [0.4, 0.5) is 0 Å². The van der Waals surface area contributed by atoms with Crippen LogP contribution in [-0.2, 0) is 10.0 Å². The van der Waals surface area contributed by atoms with Crippen molar-refractivity contribution in [3.05, 3.63) is 52.8 Å². The molecule has 0 bridgehead atoms. The number of rotatable bonds is 3. The third-order valence-corrected chi connectivity index (χ3v) is 4.62. The molecule has 0 saturated heterocycles. The van der Waals surface area contributed by atoms with Crippen molar-refractivity contribution < 1.29 is 13.2 Å². The number of hydrogen-bond donors (Lipinski definition) is 0. The molecule has 0 fully saturated rings. The first-order valence-electron chi connectivity index (χ1n) is 4.70. The number of hydrogen-bond acceptors (Lipinski definition) is 3. The molecule has 1 aromatic heterocycles. The highest BCUT2D eigenvalue weighted by atomic mass is 79.9. The largest absolute Gasteiger partial charge is 0.296 e. The van der Waals surface area contributed by atoms with Crippen molar-refractivity contribution in [3.8, 4) is 0 Å². The summed E-state index contributed by atoms with van der Waals surface area (Å²) in [6, 6.07) is 9.48. The molecule has 0 aliphatic carbocycles. The first kappa shape index (κ1) is 12.1. The number of aldehydes is 1. The SMILES string of the molecule is O=Cc1c(Br)ccn1S(=O)(=O)c1ccccc1. The summed E-state index contributed by atoms with van der Waals surface area (Å²) in [5.74, 6) is 0. The summed E-state index contributed by atoms with van der Waals surface area (Å²) in [6.07, 6.45) is 1.85. The molecule has 2 rings (SSSR count). The highest BCUT2D eigenvalue weighted by Gasteiger charge is 2.20. The third kappa shape index (κ3) is 2.05. The zero-order chi connectivity index (χ0) is 12.5. The molecular weight excluding hydrogens is 306 g/mol. The van der Waals surface area contributed by atoms with Crippen LogP contribution < -0.4 is 0 Å². The van der Waals surface area contributed by atoms with Crippen LogP contribution >= 0.6 is 15.9 Å². The van der Waals surface area contributed by atoms with Crippen LogP contribution in [0.5, 0.6) is 0 Å². The van der Waals surface area contributed by atoms with E-state index in [0.717, 1.165) is 3.97 Å². The second kappa shape index (κ2) is 4.46. The predicted octanol–water partition coefficient (Wildman–Crippen LogP) is 2.30. The fraction of sp³-hybridized carbons (Fsp3) is 0. The van der Waals surface area contributed by atoms with Gasteiger partial charge in [0.05, 0.1) is 4.90 Å². The molecule has 2 aromatic rings. The van der Waals surface area contributed by atoms with Crippen LogP contribution in [-0.4, -0.2) is 18.7 Å². The lowest BCUT2D eigenvalue weighted by Gasteiger charge is -2.07. The molecule has 0 aliphatic rings. The highest BCUT2D eigenvalue weighted by Crippen LogP contribution is 2.21. The van der Waals surface area contributed by atoms with E-state index in [0.29, 0.717) is 10.8 Å². The minimum Gasteiger partial charge on any atom is -0.296 e. The van der Waals surface area contributed by atoms with Crippen LogP contribution in [0, 0.1) is 0 Å². The fourth-order valence-corrected chi connectivity index (χ4v) is 3.30. The van der Waals surface area contributed by atoms with Gasteiger partial charge >= 0.3 is 0 Å². The van der Waals surface area contributed by atoms with E-state index >= 15 is 0 Å². The van der Waals surface area contributed by atoms with Gasteiger partial charge in [0.1, 0.15) is 5.69 Å². The van der Waals surface area contributed by atoms with Crippen LogP contribution in [0.15, 0.2) is 52.0 Å². The van der Waals surface area contributed by atoms with Crippen molar-refractivity contribution in [3.63, 3.8) is 0 Å². The standard InChI is InChI=1S/C11H8BrNO3S/c12-10-6-7-13(11(10)8-14)17(15,16)9-4-2-1-3-5-9/h1-8H.